The van der Waals surface area contributed by atoms with Crippen LogP contribution in [0.4, 0.5) is 0 Å². The molecule has 1 aromatic rings. The van der Waals surface area contributed by atoms with Gasteiger partial charge in [0.25, 0.3) is 0 Å². The Labute approximate surface area is 109 Å². The highest BCUT2D eigenvalue weighted by atomic mass is 35.5. The first-order valence-corrected chi connectivity index (χ1v) is 5.79. The summed E-state index contributed by atoms with van der Waals surface area (Å²) in [6.45, 7) is -0.524. The van der Waals surface area contributed by atoms with Gasteiger partial charge in [0.1, 0.15) is 0 Å². The number of carboxylic acids is 1. The molecule has 18 heavy (non-hydrogen) atoms. The van der Waals surface area contributed by atoms with Crippen LogP contribution < -0.4 is 0 Å². The molecule has 0 aliphatic heterocycles. The van der Waals surface area contributed by atoms with Gasteiger partial charge in [0.15, 0.2) is 11.9 Å². The quantitative estimate of drug-likeness (QED) is 0.533. The predicted molar refractivity (Wildman–Crippen MR) is 64.6 cm³/mol. The maximum Gasteiger partial charge on any atom is 0.337 e. The van der Waals surface area contributed by atoms with E-state index in [9.17, 15) is 19.8 Å². The molecule has 3 N–H and O–H groups in total. The number of carbonyl (C=O) groups is 2. The Morgan fingerprint density at radius 1 is 1.33 bits per heavy atom. The van der Waals surface area contributed by atoms with Gasteiger partial charge in [-0.2, -0.15) is 0 Å². The minimum Gasteiger partial charge on any atom is -0.479 e. The number of carboxylic acid groups (broad SMARTS) is 1. The molecule has 0 fully saturated rings. The van der Waals surface area contributed by atoms with Crippen LogP contribution in [0, 0.1) is 0 Å². The van der Waals surface area contributed by atoms with Crippen LogP contribution in [0.2, 0.25) is 0 Å². The minimum absolute atomic E-state index is 0.0189. The number of hydrogen-bond donors (Lipinski definition) is 3. The summed E-state index contributed by atoms with van der Waals surface area (Å²) in [7, 11) is 0. The fourth-order valence-electron chi connectivity index (χ4n) is 1.65. The number of carbonyl (C=O) groups excluding carboxylic acids is 1. The Morgan fingerprint density at radius 2 is 2.00 bits per heavy atom. The van der Waals surface area contributed by atoms with E-state index in [0.29, 0.717) is 0 Å². The number of hydrogen-bond acceptors (Lipinski definition) is 4. The molecule has 1 atom stereocenters. The van der Waals surface area contributed by atoms with Crippen LogP contribution in [0.3, 0.4) is 0 Å². The molecule has 0 aliphatic rings. The summed E-state index contributed by atoms with van der Waals surface area (Å²) in [6.07, 6.45) is -1.68. The van der Waals surface area contributed by atoms with Crippen molar-refractivity contribution in [2.24, 2.45) is 0 Å². The third kappa shape index (κ3) is 3.07. The Hall–Kier alpha value is -1.43. The van der Waals surface area contributed by atoms with Gasteiger partial charge in [-0.05, 0) is 11.1 Å². The van der Waals surface area contributed by atoms with E-state index in [1.807, 2.05) is 0 Å². The smallest absolute Gasteiger partial charge is 0.337 e. The second-order valence-electron chi connectivity index (χ2n) is 3.63. The first kappa shape index (κ1) is 14.6. The number of halogens is 1. The van der Waals surface area contributed by atoms with Crippen LogP contribution >= 0.6 is 11.6 Å². The molecule has 0 saturated heterocycles. The Kier molecular flexibility index (Phi) is 5.27. The average Bonchev–Trinajstić information content (AvgIpc) is 2.36. The molecular weight excluding hydrogens is 260 g/mol. The van der Waals surface area contributed by atoms with Crippen LogP contribution in [0.1, 0.15) is 34.0 Å². The number of rotatable bonds is 6. The molecule has 0 aromatic heterocycles. The zero-order chi connectivity index (χ0) is 13.7. The van der Waals surface area contributed by atoms with Crippen molar-refractivity contribution in [1.82, 2.24) is 0 Å². The Bertz CT molecular complexity index is 458. The van der Waals surface area contributed by atoms with Crippen molar-refractivity contribution in [2.45, 2.75) is 19.1 Å². The lowest BCUT2D eigenvalue weighted by Crippen LogP contribution is -2.15. The molecule has 0 amide bonds. The van der Waals surface area contributed by atoms with Gasteiger partial charge in [0.2, 0.25) is 0 Å². The highest BCUT2D eigenvalue weighted by Crippen LogP contribution is 2.23. The van der Waals surface area contributed by atoms with Crippen molar-refractivity contribution >= 4 is 23.4 Å². The maximum atomic E-state index is 11.7. The van der Waals surface area contributed by atoms with Crippen molar-refractivity contribution in [3.63, 3.8) is 0 Å². The maximum absolute atomic E-state index is 11.7. The fourth-order valence-corrected chi connectivity index (χ4v) is 1.82. The number of aliphatic hydroxyl groups excluding tert-OH is 2. The first-order chi connectivity index (χ1) is 8.52. The molecule has 0 heterocycles. The molecule has 0 saturated carbocycles. The van der Waals surface area contributed by atoms with E-state index in [4.69, 9.17) is 16.7 Å². The van der Waals surface area contributed by atoms with Crippen molar-refractivity contribution in [1.29, 1.82) is 0 Å². The second-order valence-corrected chi connectivity index (χ2v) is 4.01. The third-order valence-corrected chi connectivity index (χ3v) is 2.71. The van der Waals surface area contributed by atoms with Gasteiger partial charge in [0, 0.05) is 17.9 Å². The van der Waals surface area contributed by atoms with E-state index in [0.717, 1.165) is 0 Å². The number of ketones is 1. The van der Waals surface area contributed by atoms with Crippen molar-refractivity contribution in [3.05, 3.63) is 34.9 Å². The number of benzene rings is 1. The molecule has 5 nitrogen and oxygen atoms in total. The molecule has 1 aromatic carbocycles. The summed E-state index contributed by atoms with van der Waals surface area (Å²) in [6, 6.07) is 4.29. The van der Waals surface area contributed by atoms with Gasteiger partial charge in [-0.25, -0.2) is 4.79 Å². The molecular formula is C12H13ClO5. The standard InChI is InChI=1S/C12H13ClO5/c13-5-4-10(15)7-2-1-3-8(9(7)6-14)11(16)12(17)18/h1-3,11,14,16H,4-6H2,(H,17,18). The molecule has 98 valence electrons. The summed E-state index contributed by atoms with van der Waals surface area (Å²) in [5.41, 5.74) is 0.337. The van der Waals surface area contributed by atoms with Gasteiger partial charge in [0.05, 0.1) is 6.61 Å². The zero-order valence-corrected chi connectivity index (χ0v) is 10.2. The lowest BCUT2D eigenvalue weighted by molar-refractivity contribution is -0.147. The summed E-state index contributed by atoms with van der Waals surface area (Å²) < 4.78 is 0. The topological polar surface area (TPSA) is 94.8 Å². The monoisotopic (exact) mass is 272 g/mol. The zero-order valence-electron chi connectivity index (χ0n) is 9.47. The van der Waals surface area contributed by atoms with E-state index >= 15 is 0 Å². The van der Waals surface area contributed by atoms with Gasteiger partial charge < -0.3 is 15.3 Å². The molecule has 0 aliphatic carbocycles. The van der Waals surface area contributed by atoms with Gasteiger partial charge >= 0.3 is 5.97 Å². The van der Waals surface area contributed by atoms with Crippen molar-refractivity contribution in [2.75, 3.05) is 5.88 Å². The highest BCUT2D eigenvalue weighted by Gasteiger charge is 2.22. The fraction of sp³-hybridized carbons (Fsp3) is 0.333. The van der Waals surface area contributed by atoms with Crippen molar-refractivity contribution < 1.29 is 24.9 Å². The molecule has 6 heteroatoms. The third-order valence-electron chi connectivity index (χ3n) is 2.52. The van der Waals surface area contributed by atoms with Gasteiger partial charge in [-0.15, -0.1) is 11.6 Å². The lowest BCUT2D eigenvalue weighted by Gasteiger charge is -2.14. The number of aliphatic carboxylic acids is 1. The Balaban J connectivity index is 3.26. The summed E-state index contributed by atoms with van der Waals surface area (Å²) in [4.78, 5) is 22.5. The summed E-state index contributed by atoms with van der Waals surface area (Å²) in [5.74, 6) is -1.60. The Morgan fingerprint density at radius 3 is 2.50 bits per heavy atom. The van der Waals surface area contributed by atoms with E-state index < -0.39 is 18.7 Å². The van der Waals surface area contributed by atoms with E-state index in [1.165, 1.54) is 18.2 Å². The summed E-state index contributed by atoms with van der Waals surface area (Å²) >= 11 is 5.47. The highest BCUT2D eigenvalue weighted by molar-refractivity contribution is 6.19. The first-order valence-electron chi connectivity index (χ1n) is 5.25. The molecule has 0 spiro atoms. The van der Waals surface area contributed by atoms with E-state index in [2.05, 4.69) is 0 Å². The second kappa shape index (κ2) is 6.49. The van der Waals surface area contributed by atoms with Gasteiger partial charge in [-0.3, -0.25) is 4.79 Å². The van der Waals surface area contributed by atoms with E-state index in [-0.39, 0.29) is 34.8 Å². The van der Waals surface area contributed by atoms with Crippen LogP contribution in [0.15, 0.2) is 18.2 Å². The SMILES string of the molecule is O=C(CCCl)c1cccc(C(O)C(=O)O)c1CO. The molecule has 0 radical (unpaired) electrons. The number of alkyl halides is 1. The molecule has 1 unspecified atom stereocenters. The minimum atomic E-state index is -1.77. The van der Waals surface area contributed by atoms with Crippen molar-refractivity contribution in [3.8, 4) is 0 Å². The number of aliphatic hydroxyl groups is 2. The molecule has 1 rings (SSSR count). The van der Waals surface area contributed by atoms with Crippen LogP contribution in [0.25, 0.3) is 0 Å². The van der Waals surface area contributed by atoms with Crippen LogP contribution in [-0.2, 0) is 11.4 Å². The average molecular weight is 273 g/mol. The van der Waals surface area contributed by atoms with Crippen LogP contribution in [-0.4, -0.2) is 33.0 Å². The predicted octanol–water partition coefficient (Wildman–Crippen LogP) is 1.11. The lowest BCUT2D eigenvalue weighted by atomic mass is 9.94. The molecule has 0 bridgehead atoms. The van der Waals surface area contributed by atoms with E-state index in [1.54, 1.807) is 0 Å². The van der Waals surface area contributed by atoms with Crippen LogP contribution in [0.5, 0.6) is 0 Å². The summed E-state index contributed by atoms with van der Waals surface area (Å²) in [5, 5.41) is 27.5. The normalized spacial score (nSPS) is 12.2. The van der Waals surface area contributed by atoms with Gasteiger partial charge in [-0.1, -0.05) is 18.2 Å². The number of Topliss-reactive ketones (excluding diaryl/α,β-unsaturated/α-hetero) is 1. The largest absolute Gasteiger partial charge is 0.479 e.